The molecule has 1 amide bonds. The van der Waals surface area contributed by atoms with Gasteiger partial charge in [-0.2, -0.15) is 0 Å². The Morgan fingerprint density at radius 2 is 2.05 bits per heavy atom. The van der Waals surface area contributed by atoms with Crippen molar-refractivity contribution in [1.29, 1.82) is 0 Å². The number of amides is 1. The molecule has 0 spiro atoms. The van der Waals surface area contributed by atoms with Crippen molar-refractivity contribution in [2.24, 2.45) is 0 Å². The Balaban J connectivity index is 1.56. The lowest BCUT2D eigenvalue weighted by atomic mass is 9.99. The van der Waals surface area contributed by atoms with Crippen LogP contribution in [-0.2, 0) is 17.6 Å². The third-order valence-electron chi connectivity index (χ3n) is 4.64. The molecule has 1 fully saturated rings. The predicted molar refractivity (Wildman–Crippen MR) is 87.8 cm³/mol. The molecule has 1 aliphatic heterocycles. The number of likely N-dealkylation sites (tertiary alicyclic amines) is 1. The monoisotopic (exact) mass is 306 g/mol. The highest BCUT2D eigenvalue weighted by molar-refractivity contribution is 7.12. The van der Waals surface area contributed by atoms with Crippen LogP contribution < -0.4 is 5.32 Å². The van der Waals surface area contributed by atoms with Gasteiger partial charge in [0, 0.05) is 41.3 Å². The van der Waals surface area contributed by atoms with Crippen molar-refractivity contribution in [3.05, 3.63) is 21.4 Å². The Morgan fingerprint density at radius 3 is 2.76 bits per heavy atom. The molecule has 2 unspecified atom stereocenters. The van der Waals surface area contributed by atoms with Crippen molar-refractivity contribution in [2.75, 3.05) is 13.1 Å². The van der Waals surface area contributed by atoms with E-state index in [1.165, 1.54) is 30.6 Å². The van der Waals surface area contributed by atoms with Gasteiger partial charge in [0.15, 0.2) is 0 Å². The van der Waals surface area contributed by atoms with E-state index >= 15 is 0 Å². The number of fused-ring (bicyclic) bond motifs is 1. The molecule has 1 aromatic rings. The molecule has 0 radical (unpaired) electrons. The van der Waals surface area contributed by atoms with E-state index in [0.717, 1.165) is 25.9 Å². The fourth-order valence-corrected chi connectivity index (χ4v) is 4.79. The summed E-state index contributed by atoms with van der Waals surface area (Å²) in [5.41, 5.74) is 1.58. The molecule has 1 aliphatic carbocycles. The van der Waals surface area contributed by atoms with Crippen LogP contribution in [0.1, 0.15) is 60.9 Å². The zero-order valence-electron chi connectivity index (χ0n) is 13.2. The quantitative estimate of drug-likeness (QED) is 0.905. The first-order valence-electron chi connectivity index (χ1n) is 8.29. The van der Waals surface area contributed by atoms with Gasteiger partial charge in [-0.15, -0.1) is 11.3 Å². The molecule has 2 heterocycles. The summed E-state index contributed by atoms with van der Waals surface area (Å²) in [5, 5.41) is 3.67. The summed E-state index contributed by atoms with van der Waals surface area (Å²) in [4.78, 5) is 16.8. The second kappa shape index (κ2) is 6.49. The molecule has 0 aromatic carbocycles. The van der Waals surface area contributed by atoms with Gasteiger partial charge in [0.1, 0.15) is 0 Å². The van der Waals surface area contributed by atoms with Crippen LogP contribution in [0.15, 0.2) is 6.07 Å². The first kappa shape index (κ1) is 15.0. The third kappa shape index (κ3) is 3.49. The summed E-state index contributed by atoms with van der Waals surface area (Å²) in [6.07, 6.45) is 6.99. The molecule has 0 bridgehead atoms. The highest BCUT2D eigenvalue weighted by Gasteiger charge is 2.23. The van der Waals surface area contributed by atoms with Gasteiger partial charge in [-0.3, -0.25) is 4.79 Å². The van der Waals surface area contributed by atoms with Crippen molar-refractivity contribution in [3.63, 3.8) is 0 Å². The molecule has 4 heteroatoms. The highest BCUT2D eigenvalue weighted by Crippen LogP contribution is 2.32. The van der Waals surface area contributed by atoms with Crippen molar-refractivity contribution in [2.45, 2.75) is 64.5 Å². The number of thiophene rings is 1. The van der Waals surface area contributed by atoms with Crippen LogP contribution in [0.5, 0.6) is 0 Å². The van der Waals surface area contributed by atoms with Crippen LogP contribution in [0.25, 0.3) is 0 Å². The minimum Gasteiger partial charge on any atom is -0.341 e. The Bertz CT molecular complexity index is 487. The SMILES string of the molecule is CC(CN1CCCC1=O)NC(C)c1cc2c(s1)CCCC2. The van der Waals surface area contributed by atoms with Crippen LogP contribution in [0.4, 0.5) is 0 Å². The van der Waals surface area contributed by atoms with Crippen LogP contribution in [0.3, 0.4) is 0 Å². The molecule has 2 aliphatic rings. The molecular weight excluding hydrogens is 280 g/mol. The fourth-order valence-electron chi connectivity index (χ4n) is 3.52. The minimum absolute atomic E-state index is 0.322. The van der Waals surface area contributed by atoms with Gasteiger partial charge < -0.3 is 10.2 Å². The number of carbonyl (C=O) groups is 1. The second-order valence-corrected chi connectivity index (χ2v) is 7.71. The number of rotatable bonds is 5. The number of nitrogens with zero attached hydrogens (tertiary/aromatic N) is 1. The summed E-state index contributed by atoms with van der Waals surface area (Å²) in [7, 11) is 0. The molecule has 2 atom stereocenters. The zero-order valence-corrected chi connectivity index (χ0v) is 14.0. The largest absolute Gasteiger partial charge is 0.341 e. The van der Waals surface area contributed by atoms with Crippen LogP contribution in [0.2, 0.25) is 0 Å². The number of aryl methyl sites for hydroxylation is 2. The van der Waals surface area contributed by atoms with Gasteiger partial charge in [-0.25, -0.2) is 0 Å². The van der Waals surface area contributed by atoms with Crippen LogP contribution >= 0.6 is 11.3 Å². The average molecular weight is 306 g/mol. The Morgan fingerprint density at radius 1 is 1.24 bits per heavy atom. The van der Waals surface area contributed by atoms with E-state index in [2.05, 4.69) is 25.2 Å². The van der Waals surface area contributed by atoms with Crippen LogP contribution in [0, 0.1) is 0 Å². The van der Waals surface area contributed by atoms with Crippen molar-refractivity contribution < 1.29 is 4.79 Å². The van der Waals surface area contributed by atoms with E-state index in [0.29, 0.717) is 18.0 Å². The first-order chi connectivity index (χ1) is 10.1. The topological polar surface area (TPSA) is 32.3 Å². The van der Waals surface area contributed by atoms with Crippen molar-refractivity contribution >= 4 is 17.2 Å². The van der Waals surface area contributed by atoms with Crippen LogP contribution in [-0.4, -0.2) is 29.9 Å². The Kier molecular flexibility index (Phi) is 4.65. The Labute approximate surface area is 131 Å². The maximum Gasteiger partial charge on any atom is 0.222 e. The standard InChI is InChI=1S/C17H26N2OS/c1-12(11-19-9-5-8-17(19)20)18-13(2)16-10-14-6-3-4-7-15(14)21-16/h10,12-13,18H,3-9,11H2,1-2H3. The summed E-state index contributed by atoms with van der Waals surface area (Å²) in [5.74, 6) is 0.322. The molecule has 116 valence electrons. The average Bonchev–Trinajstić information content (AvgIpc) is 3.05. The van der Waals surface area contributed by atoms with E-state index < -0.39 is 0 Å². The zero-order chi connectivity index (χ0) is 14.8. The summed E-state index contributed by atoms with van der Waals surface area (Å²) >= 11 is 1.99. The predicted octanol–water partition coefficient (Wildman–Crippen LogP) is 3.29. The minimum atomic E-state index is 0.322. The molecule has 1 saturated heterocycles. The third-order valence-corrected chi connectivity index (χ3v) is 6.06. The van der Waals surface area contributed by atoms with Crippen molar-refractivity contribution in [1.82, 2.24) is 10.2 Å². The van der Waals surface area contributed by atoms with Gasteiger partial charge in [0.25, 0.3) is 0 Å². The number of nitrogens with one attached hydrogen (secondary N) is 1. The lowest BCUT2D eigenvalue weighted by molar-refractivity contribution is -0.127. The van der Waals surface area contributed by atoms with Gasteiger partial charge >= 0.3 is 0 Å². The molecule has 0 saturated carbocycles. The van der Waals surface area contributed by atoms with E-state index in [9.17, 15) is 4.79 Å². The number of hydrogen-bond donors (Lipinski definition) is 1. The van der Waals surface area contributed by atoms with Gasteiger partial charge in [0.2, 0.25) is 5.91 Å². The van der Waals surface area contributed by atoms with E-state index in [1.807, 2.05) is 16.2 Å². The maximum atomic E-state index is 11.7. The second-order valence-electron chi connectivity index (χ2n) is 6.54. The Hall–Kier alpha value is -0.870. The van der Waals surface area contributed by atoms with Crippen molar-refractivity contribution in [3.8, 4) is 0 Å². The first-order valence-corrected chi connectivity index (χ1v) is 9.10. The summed E-state index contributed by atoms with van der Waals surface area (Å²) in [6.45, 7) is 6.22. The smallest absolute Gasteiger partial charge is 0.222 e. The molecule has 1 N–H and O–H groups in total. The van der Waals surface area contributed by atoms with E-state index in [-0.39, 0.29) is 0 Å². The number of hydrogen-bond acceptors (Lipinski definition) is 3. The fraction of sp³-hybridized carbons (Fsp3) is 0.706. The van der Waals surface area contributed by atoms with Gasteiger partial charge in [-0.05, 0) is 57.6 Å². The van der Waals surface area contributed by atoms with Gasteiger partial charge in [0.05, 0.1) is 0 Å². The molecule has 3 nitrogen and oxygen atoms in total. The lowest BCUT2D eigenvalue weighted by Gasteiger charge is -2.24. The normalized spacial score (nSPS) is 21.4. The molecular formula is C17H26N2OS. The highest BCUT2D eigenvalue weighted by atomic mass is 32.1. The summed E-state index contributed by atoms with van der Waals surface area (Å²) in [6, 6.07) is 3.14. The maximum absolute atomic E-state index is 11.7. The lowest BCUT2D eigenvalue weighted by Crippen LogP contribution is -2.40. The molecule has 21 heavy (non-hydrogen) atoms. The summed E-state index contributed by atoms with van der Waals surface area (Å²) < 4.78 is 0. The van der Waals surface area contributed by atoms with E-state index in [4.69, 9.17) is 0 Å². The van der Waals surface area contributed by atoms with Gasteiger partial charge in [-0.1, -0.05) is 0 Å². The van der Waals surface area contributed by atoms with E-state index in [1.54, 1.807) is 10.4 Å². The molecule has 1 aromatic heterocycles. The number of carbonyl (C=O) groups excluding carboxylic acids is 1. The molecule has 3 rings (SSSR count).